The molecule has 1 fully saturated rings. The van der Waals surface area contributed by atoms with Crippen LogP contribution in [0.4, 0.5) is 0 Å². The zero-order valence-corrected chi connectivity index (χ0v) is 10.0. The van der Waals surface area contributed by atoms with Gasteiger partial charge in [0, 0.05) is 7.05 Å². The molecule has 0 unspecified atom stereocenters. The Labute approximate surface area is 99.5 Å². The molecule has 0 aromatic carbocycles. The van der Waals surface area contributed by atoms with Gasteiger partial charge in [-0.2, -0.15) is 0 Å². The van der Waals surface area contributed by atoms with Crippen LogP contribution >= 0.6 is 0 Å². The van der Waals surface area contributed by atoms with E-state index in [1.165, 1.54) is 19.1 Å². The summed E-state index contributed by atoms with van der Waals surface area (Å²) in [4.78, 5) is 35.2. The summed E-state index contributed by atoms with van der Waals surface area (Å²) in [6.45, 7) is -0.141. The summed E-state index contributed by atoms with van der Waals surface area (Å²) in [6, 6.07) is 0. The van der Waals surface area contributed by atoms with Crippen LogP contribution in [0.5, 0.6) is 0 Å². The van der Waals surface area contributed by atoms with Crippen molar-refractivity contribution in [3.8, 4) is 0 Å². The van der Waals surface area contributed by atoms with E-state index >= 15 is 0 Å². The van der Waals surface area contributed by atoms with Gasteiger partial charge in [-0.1, -0.05) is 6.42 Å². The first-order chi connectivity index (χ1) is 7.97. The van der Waals surface area contributed by atoms with Gasteiger partial charge in [-0.05, 0) is 12.8 Å². The van der Waals surface area contributed by atoms with E-state index in [0.29, 0.717) is 12.8 Å². The lowest BCUT2D eigenvalue weighted by Crippen LogP contribution is -2.39. The van der Waals surface area contributed by atoms with Gasteiger partial charge in [-0.3, -0.25) is 14.4 Å². The van der Waals surface area contributed by atoms with E-state index in [1.807, 2.05) is 0 Å². The molecule has 0 heterocycles. The molecule has 96 valence electrons. The third kappa shape index (κ3) is 3.18. The third-order valence-electron chi connectivity index (χ3n) is 3.12. The maximum Gasteiger partial charge on any atom is 0.325 e. The summed E-state index contributed by atoms with van der Waals surface area (Å²) in [6.07, 6.45) is 1.83. The van der Waals surface area contributed by atoms with Crippen molar-refractivity contribution in [1.82, 2.24) is 4.90 Å². The molecule has 6 nitrogen and oxygen atoms in total. The molecule has 0 aromatic rings. The second kappa shape index (κ2) is 5.65. The SMILES string of the molecule is COC(=O)CN(C)C(=O)[C@@H]1CCC[C@@H]1C(=O)O. The summed E-state index contributed by atoms with van der Waals surface area (Å²) in [5.41, 5.74) is 0. The van der Waals surface area contributed by atoms with E-state index in [2.05, 4.69) is 4.74 Å². The van der Waals surface area contributed by atoms with E-state index in [0.717, 1.165) is 6.42 Å². The molecule has 0 spiro atoms. The number of carboxylic acid groups (broad SMARTS) is 1. The van der Waals surface area contributed by atoms with Crippen LogP contribution < -0.4 is 0 Å². The molecular formula is C11H17NO5. The zero-order chi connectivity index (χ0) is 13.0. The molecule has 6 heteroatoms. The van der Waals surface area contributed by atoms with Crippen molar-refractivity contribution in [2.45, 2.75) is 19.3 Å². The number of likely N-dealkylation sites (N-methyl/N-ethyl adjacent to an activating group) is 1. The first-order valence-corrected chi connectivity index (χ1v) is 5.52. The Morgan fingerprint density at radius 1 is 1.29 bits per heavy atom. The predicted octanol–water partition coefficient (Wildman–Crippen LogP) is 0.119. The molecule has 2 atom stereocenters. The Morgan fingerprint density at radius 2 is 1.88 bits per heavy atom. The molecule has 1 saturated carbocycles. The molecule has 1 amide bonds. The van der Waals surface area contributed by atoms with Gasteiger partial charge >= 0.3 is 11.9 Å². The number of ether oxygens (including phenoxy) is 1. The average molecular weight is 243 g/mol. The topological polar surface area (TPSA) is 83.9 Å². The molecule has 0 bridgehead atoms. The van der Waals surface area contributed by atoms with Crippen LogP contribution in [-0.4, -0.2) is 48.6 Å². The first kappa shape index (κ1) is 13.5. The molecule has 17 heavy (non-hydrogen) atoms. The van der Waals surface area contributed by atoms with Gasteiger partial charge in [-0.25, -0.2) is 0 Å². The van der Waals surface area contributed by atoms with Crippen LogP contribution in [0, 0.1) is 11.8 Å². The van der Waals surface area contributed by atoms with Gasteiger partial charge in [-0.15, -0.1) is 0 Å². The molecule has 1 rings (SSSR count). The lowest BCUT2D eigenvalue weighted by Gasteiger charge is -2.22. The number of methoxy groups -OCH3 is 1. The van der Waals surface area contributed by atoms with Crippen LogP contribution in [0.2, 0.25) is 0 Å². The van der Waals surface area contributed by atoms with Gasteiger partial charge < -0.3 is 14.7 Å². The fourth-order valence-electron chi connectivity index (χ4n) is 2.17. The molecule has 0 radical (unpaired) electrons. The minimum atomic E-state index is -0.938. The third-order valence-corrected chi connectivity index (χ3v) is 3.12. The molecule has 1 aliphatic rings. The van der Waals surface area contributed by atoms with Gasteiger partial charge in [0.2, 0.25) is 5.91 Å². The number of amides is 1. The van der Waals surface area contributed by atoms with Gasteiger partial charge in [0.1, 0.15) is 6.54 Å². The summed E-state index contributed by atoms with van der Waals surface area (Å²) in [5.74, 6) is -2.87. The predicted molar refractivity (Wildman–Crippen MR) is 58.1 cm³/mol. The molecule has 0 aliphatic heterocycles. The van der Waals surface area contributed by atoms with Crippen LogP contribution in [0.15, 0.2) is 0 Å². The minimum absolute atomic E-state index is 0.141. The highest BCUT2D eigenvalue weighted by Gasteiger charge is 2.39. The van der Waals surface area contributed by atoms with Crippen molar-refractivity contribution in [3.63, 3.8) is 0 Å². The summed E-state index contributed by atoms with van der Waals surface area (Å²) >= 11 is 0. The minimum Gasteiger partial charge on any atom is -0.481 e. The van der Waals surface area contributed by atoms with Gasteiger partial charge in [0.25, 0.3) is 0 Å². The lowest BCUT2D eigenvalue weighted by molar-refractivity contribution is -0.151. The van der Waals surface area contributed by atoms with E-state index in [9.17, 15) is 14.4 Å². The summed E-state index contributed by atoms with van der Waals surface area (Å²) in [7, 11) is 2.73. The number of rotatable bonds is 4. The second-order valence-electron chi connectivity index (χ2n) is 4.25. The largest absolute Gasteiger partial charge is 0.481 e. The number of carbonyl (C=O) groups excluding carboxylic acids is 2. The fourth-order valence-corrected chi connectivity index (χ4v) is 2.17. The zero-order valence-electron chi connectivity index (χ0n) is 10.0. The lowest BCUT2D eigenvalue weighted by atomic mass is 9.95. The van der Waals surface area contributed by atoms with Crippen molar-refractivity contribution in [3.05, 3.63) is 0 Å². The van der Waals surface area contributed by atoms with Crippen LogP contribution in [0.1, 0.15) is 19.3 Å². The Morgan fingerprint density at radius 3 is 2.41 bits per heavy atom. The molecular weight excluding hydrogens is 226 g/mol. The molecule has 1 N–H and O–H groups in total. The van der Waals surface area contributed by atoms with Crippen molar-refractivity contribution in [2.24, 2.45) is 11.8 Å². The van der Waals surface area contributed by atoms with E-state index in [-0.39, 0.29) is 12.5 Å². The molecule has 0 saturated heterocycles. The Bertz CT molecular complexity index is 328. The van der Waals surface area contributed by atoms with Gasteiger partial charge in [0.05, 0.1) is 18.9 Å². The standard InChI is InChI=1S/C11H17NO5/c1-12(6-9(13)17-2)10(14)7-4-3-5-8(7)11(15)16/h7-8H,3-6H2,1-2H3,(H,15,16)/t7-,8+/m1/s1. The number of aliphatic carboxylic acids is 1. The van der Waals surface area contributed by atoms with Crippen molar-refractivity contribution >= 4 is 17.8 Å². The smallest absolute Gasteiger partial charge is 0.325 e. The summed E-state index contributed by atoms with van der Waals surface area (Å²) in [5, 5.41) is 8.98. The average Bonchev–Trinajstić information content (AvgIpc) is 2.76. The van der Waals surface area contributed by atoms with Crippen molar-refractivity contribution in [1.29, 1.82) is 0 Å². The van der Waals surface area contributed by atoms with E-state index in [4.69, 9.17) is 5.11 Å². The number of carbonyl (C=O) groups is 3. The normalized spacial score (nSPS) is 23.2. The summed E-state index contributed by atoms with van der Waals surface area (Å²) < 4.78 is 4.46. The highest BCUT2D eigenvalue weighted by atomic mass is 16.5. The Balaban J connectivity index is 2.62. The van der Waals surface area contributed by atoms with E-state index in [1.54, 1.807) is 0 Å². The monoisotopic (exact) mass is 243 g/mol. The van der Waals surface area contributed by atoms with E-state index < -0.39 is 23.8 Å². The maximum atomic E-state index is 12.0. The first-order valence-electron chi connectivity index (χ1n) is 5.52. The second-order valence-corrected chi connectivity index (χ2v) is 4.25. The Hall–Kier alpha value is -1.59. The molecule has 0 aromatic heterocycles. The highest BCUT2D eigenvalue weighted by Crippen LogP contribution is 2.33. The number of hydrogen-bond donors (Lipinski definition) is 1. The number of esters is 1. The van der Waals surface area contributed by atoms with Crippen LogP contribution in [0.25, 0.3) is 0 Å². The number of nitrogens with zero attached hydrogens (tertiary/aromatic N) is 1. The molecule has 1 aliphatic carbocycles. The highest BCUT2D eigenvalue weighted by molar-refractivity contribution is 5.87. The van der Waals surface area contributed by atoms with Crippen molar-refractivity contribution in [2.75, 3.05) is 20.7 Å². The quantitative estimate of drug-likeness (QED) is 0.709. The Kier molecular flexibility index (Phi) is 4.48. The van der Waals surface area contributed by atoms with Crippen LogP contribution in [0.3, 0.4) is 0 Å². The number of hydrogen-bond acceptors (Lipinski definition) is 4. The van der Waals surface area contributed by atoms with Crippen molar-refractivity contribution < 1.29 is 24.2 Å². The van der Waals surface area contributed by atoms with Crippen LogP contribution in [-0.2, 0) is 19.1 Å². The maximum absolute atomic E-state index is 12.0. The van der Waals surface area contributed by atoms with Gasteiger partial charge in [0.15, 0.2) is 0 Å². The fraction of sp³-hybridized carbons (Fsp3) is 0.727. The number of carboxylic acids is 1.